The summed E-state index contributed by atoms with van der Waals surface area (Å²) in [6.07, 6.45) is 1.67. The number of carbonyl (C=O) groups is 1. The molecule has 27 heavy (non-hydrogen) atoms. The van der Waals surface area contributed by atoms with Gasteiger partial charge >= 0.3 is 0 Å². The molecule has 0 aliphatic heterocycles. The molecule has 3 aromatic rings. The van der Waals surface area contributed by atoms with Crippen LogP contribution in [0.15, 0.2) is 65.0 Å². The lowest BCUT2D eigenvalue weighted by Crippen LogP contribution is -2.16. The van der Waals surface area contributed by atoms with E-state index in [1.165, 1.54) is 23.5 Å². The summed E-state index contributed by atoms with van der Waals surface area (Å²) >= 11 is 3.02. The van der Waals surface area contributed by atoms with Crippen molar-refractivity contribution in [2.45, 2.75) is 18.4 Å². The topological polar surface area (TPSA) is 77.5 Å². The number of benzene rings is 2. The molecule has 0 spiro atoms. The smallest absolute Gasteiger partial charge is 0.279 e. The minimum Gasteiger partial charge on any atom is -0.312 e. The van der Waals surface area contributed by atoms with Crippen molar-refractivity contribution in [2.75, 3.05) is 5.75 Å². The summed E-state index contributed by atoms with van der Waals surface area (Å²) in [5.41, 5.74) is 1.17. The van der Waals surface area contributed by atoms with Gasteiger partial charge in [-0.3, -0.25) is 14.9 Å². The molecule has 1 amide bonds. The van der Waals surface area contributed by atoms with Crippen LogP contribution in [-0.2, 0) is 6.54 Å². The summed E-state index contributed by atoms with van der Waals surface area (Å²) in [4.78, 5) is 29.0. The summed E-state index contributed by atoms with van der Waals surface area (Å²) in [5.74, 6) is 0.620. The molecule has 6 nitrogen and oxygen atoms in total. The molecule has 0 aliphatic carbocycles. The average molecular weight is 399 g/mol. The van der Waals surface area contributed by atoms with Crippen molar-refractivity contribution in [1.29, 1.82) is 0 Å². The molecule has 0 aliphatic rings. The molecule has 8 heteroatoms. The van der Waals surface area contributed by atoms with Gasteiger partial charge in [-0.2, -0.15) is 4.99 Å². The zero-order valence-corrected chi connectivity index (χ0v) is 16.3. The van der Waals surface area contributed by atoms with Crippen LogP contribution in [0.25, 0.3) is 10.2 Å². The highest BCUT2D eigenvalue weighted by atomic mass is 32.2. The van der Waals surface area contributed by atoms with E-state index < -0.39 is 4.92 Å². The molecule has 0 saturated carbocycles. The van der Waals surface area contributed by atoms with Crippen molar-refractivity contribution < 1.29 is 9.72 Å². The molecule has 138 valence electrons. The summed E-state index contributed by atoms with van der Waals surface area (Å²) in [6, 6.07) is 12.0. The molecule has 0 fully saturated rings. The van der Waals surface area contributed by atoms with E-state index in [0.29, 0.717) is 22.4 Å². The van der Waals surface area contributed by atoms with Gasteiger partial charge in [-0.1, -0.05) is 24.3 Å². The quantitative estimate of drug-likeness (QED) is 0.262. The van der Waals surface area contributed by atoms with E-state index in [0.717, 1.165) is 15.3 Å². The van der Waals surface area contributed by atoms with Crippen LogP contribution in [0.5, 0.6) is 0 Å². The van der Waals surface area contributed by atoms with Crippen molar-refractivity contribution >= 4 is 44.9 Å². The zero-order valence-electron chi connectivity index (χ0n) is 14.6. The number of nitrogens with zero attached hydrogens (tertiary/aromatic N) is 3. The van der Waals surface area contributed by atoms with Gasteiger partial charge < -0.3 is 4.57 Å². The fourth-order valence-electron chi connectivity index (χ4n) is 2.57. The Balaban J connectivity index is 2.06. The molecule has 0 saturated heterocycles. The number of thioether (sulfide) groups is 1. The zero-order chi connectivity index (χ0) is 19.4. The molecule has 0 N–H and O–H groups in total. The predicted molar refractivity (Wildman–Crippen MR) is 109 cm³/mol. The minimum atomic E-state index is -0.437. The van der Waals surface area contributed by atoms with Crippen molar-refractivity contribution in [3.8, 4) is 0 Å². The van der Waals surface area contributed by atoms with Gasteiger partial charge in [0, 0.05) is 29.1 Å². The lowest BCUT2D eigenvalue weighted by molar-refractivity contribution is -0.384. The monoisotopic (exact) mass is 399 g/mol. The summed E-state index contributed by atoms with van der Waals surface area (Å²) in [5, 5.41) is 11.1. The molecule has 0 bridgehead atoms. The lowest BCUT2D eigenvalue weighted by Gasteiger charge is -2.02. The van der Waals surface area contributed by atoms with Crippen LogP contribution in [0.3, 0.4) is 0 Å². The minimum absolute atomic E-state index is 0.00000158. The highest BCUT2D eigenvalue weighted by Gasteiger charge is 2.13. The van der Waals surface area contributed by atoms with Crippen LogP contribution in [-0.4, -0.2) is 21.2 Å². The van der Waals surface area contributed by atoms with Gasteiger partial charge in [0.1, 0.15) is 0 Å². The van der Waals surface area contributed by atoms with Crippen molar-refractivity contribution in [2.24, 2.45) is 4.99 Å². The van der Waals surface area contributed by atoms with E-state index in [1.54, 1.807) is 40.6 Å². The second kappa shape index (κ2) is 8.32. The Hall–Kier alpha value is -2.71. The maximum Gasteiger partial charge on any atom is 0.279 e. The first-order chi connectivity index (χ1) is 13.0. The number of hydrogen-bond donors (Lipinski definition) is 0. The summed E-state index contributed by atoms with van der Waals surface area (Å²) in [6.45, 7) is 6.20. The number of hydrogen-bond acceptors (Lipinski definition) is 5. The number of amides is 1. The predicted octanol–water partition coefficient (Wildman–Crippen LogP) is 4.65. The second-order valence-corrected chi connectivity index (χ2v) is 7.91. The molecule has 0 unspecified atom stereocenters. The Bertz CT molecular complexity index is 1080. The van der Waals surface area contributed by atoms with Gasteiger partial charge in [0.15, 0.2) is 4.80 Å². The highest BCUT2D eigenvalue weighted by Crippen LogP contribution is 2.23. The fraction of sp³-hybridized carbons (Fsp3) is 0.158. The number of rotatable bonds is 6. The Morgan fingerprint density at radius 2 is 2.07 bits per heavy atom. The Labute approximate surface area is 164 Å². The van der Waals surface area contributed by atoms with E-state index in [-0.39, 0.29) is 11.6 Å². The first-order valence-corrected chi connectivity index (χ1v) is 10.0. The number of non-ortho nitro benzene ring substituents is 1. The van der Waals surface area contributed by atoms with E-state index in [4.69, 9.17) is 0 Å². The van der Waals surface area contributed by atoms with Gasteiger partial charge in [-0.05, 0) is 36.1 Å². The largest absolute Gasteiger partial charge is 0.312 e. The standard InChI is InChI=1S/C19H17N3O3S2/c1-3-11-21-16-12-14(22(24)25)7-10-17(16)27-19(21)20-18(23)13-5-8-15(9-6-13)26-4-2/h3,5-10,12H,1,4,11H2,2H3. The molecular formula is C19H17N3O3S2. The molecule has 1 aromatic heterocycles. The third kappa shape index (κ3) is 4.17. The van der Waals surface area contributed by atoms with E-state index >= 15 is 0 Å². The number of fused-ring (bicyclic) bond motifs is 1. The van der Waals surface area contributed by atoms with Crippen LogP contribution in [0.1, 0.15) is 17.3 Å². The average Bonchev–Trinajstić information content (AvgIpc) is 2.99. The number of nitro benzene ring substituents is 1. The number of allylic oxidation sites excluding steroid dienone is 1. The van der Waals surface area contributed by atoms with Gasteiger partial charge in [-0.15, -0.1) is 18.3 Å². The van der Waals surface area contributed by atoms with Crippen molar-refractivity contribution in [3.05, 3.63) is 75.6 Å². The van der Waals surface area contributed by atoms with E-state index in [9.17, 15) is 14.9 Å². The first kappa shape index (κ1) is 19.1. The highest BCUT2D eigenvalue weighted by molar-refractivity contribution is 7.99. The molecule has 0 atom stereocenters. The molecule has 2 aromatic carbocycles. The molecular weight excluding hydrogens is 382 g/mol. The SMILES string of the molecule is C=CCn1c(=NC(=O)c2ccc(SCC)cc2)sc2ccc([N+](=O)[O-])cc21. The third-order valence-corrected chi connectivity index (χ3v) is 5.75. The van der Waals surface area contributed by atoms with Gasteiger partial charge in [0.25, 0.3) is 11.6 Å². The first-order valence-electron chi connectivity index (χ1n) is 8.24. The van der Waals surface area contributed by atoms with Crippen LogP contribution < -0.4 is 4.80 Å². The number of nitro groups is 1. The Morgan fingerprint density at radius 3 is 2.70 bits per heavy atom. The summed E-state index contributed by atoms with van der Waals surface area (Å²) in [7, 11) is 0. The van der Waals surface area contributed by atoms with Gasteiger partial charge in [0.05, 0.1) is 15.1 Å². The van der Waals surface area contributed by atoms with Crippen LogP contribution >= 0.6 is 23.1 Å². The lowest BCUT2D eigenvalue weighted by atomic mass is 10.2. The fourth-order valence-corrected chi connectivity index (χ4v) is 4.25. The van der Waals surface area contributed by atoms with Crippen molar-refractivity contribution in [1.82, 2.24) is 4.57 Å². The Kier molecular flexibility index (Phi) is 5.88. The van der Waals surface area contributed by atoms with Crippen molar-refractivity contribution in [3.63, 3.8) is 0 Å². The molecule has 1 heterocycles. The number of carbonyl (C=O) groups excluding carboxylic acids is 1. The maximum atomic E-state index is 12.6. The van der Waals surface area contributed by atoms with Crippen LogP contribution in [0.4, 0.5) is 5.69 Å². The number of aromatic nitrogens is 1. The van der Waals surface area contributed by atoms with Crippen LogP contribution in [0, 0.1) is 10.1 Å². The molecule has 3 rings (SSSR count). The van der Waals surface area contributed by atoms with Gasteiger partial charge in [-0.25, -0.2) is 0 Å². The number of thiazole rings is 1. The van der Waals surface area contributed by atoms with Gasteiger partial charge in [0.2, 0.25) is 0 Å². The van der Waals surface area contributed by atoms with Crippen LogP contribution in [0.2, 0.25) is 0 Å². The van der Waals surface area contributed by atoms with E-state index in [1.807, 2.05) is 12.1 Å². The summed E-state index contributed by atoms with van der Waals surface area (Å²) < 4.78 is 2.59. The second-order valence-electron chi connectivity index (χ2n) is 5.57. The Morgan fingerprint density at radius 1 is 1.33 bits per heavy atom. The third-order valence-electron chi connectivity index (χ3n) is 3.80. The maximum absolute atomic E-state index is 12.6. The van der Waals surface area contributed by atoms with E-state index in [2.05, 4.69) is 18.5 Å². The molecule has 0 radical (unpaired) electrons. The normalized spacial score (nSPS) is 11.7.